The summed E-state index contributed by atoms with van der Waals surface area (Å²) in [4.78, 5) is 11.2. The molecule has 0 amide bonds. The summed E-state index contributed by atoms with van der Waals surface area (Å²) in [6, 6.07) is 3.41. The average molecular weight is 176 g/mol. The van der Waals surface area contributed by atoms with E-state index in [0.717, 1.165) is 0 Å². The van der Waals surface area contributed by atoms with Crippen LogP contribution in [-0.4, -0.2) is 12.2 Å². The van der Waals surface area contributed by atoms with Crippen LogP contribution >= 0.6 is 11.3 Å². The van der Waals surface area contributed by atoms with Crippen molar-refractivity contribution in [1.29, 1.82) is 0 Å². The normalized spacial score (nSPS) is 10.5. The first-order chi connectivity index (χ1) is 5.20. The van der Waals surface area contributed by atoms with Crippen LogP contribution in [0, 0.1) is 0 Å². The Hall–Kier alpha value is -0.770. The Labute approximate surface area is 66.7 Å². The Balaban J connectivity index is 2.50. The van der Waals surface area contributed by atoms with Gasteiger partial charge in [-0.3, -0.25) is 4.79 Å². The highest BCUT2D eigenvalue weighted by Crippen LogP contribution is 2.11. The van der Waals surface area contributed by atoms with E-state index in [4.69, 9.17) is 0 Å². The van der Waals surface area contributed by atoms with Crippen LogP contribution in [0.4, 0.5) is 8.78 Å². The van der Waals surface area contributed by atoms with E-state index in [1.54, 1.807) is 17.5 Å². The number of rotatable bonds is 3. The molecule has 11 heavy (non-hydrogen) atoms. The van der Waals surface area contributed by atoms with Crippen LogP contribution in [0.5, 0.6) is 0 Å². The predicted molar refractivity (Wildman–Crippen MR) is 39.0 cm³/mol. The number of alkyl halides is 2. The van der Waals surface area contributed by atoms with E-state index in [0.29, 0.717) is 4.88 Å². The summed E-state index contributed by atoms with van der Waals surface area (Å²) in [7, 11) is 0. The van der Waals surface area contributed by atoms with Gasteiger partial charge in [-0.1, -0.05) is 6.07 Å². The zero-order valence-corrected chi connectivity index (χ0v) is 6.41. The highest BCUT2D eigenvalue weighted by Gasteiger charge is 2.15. The van der Waals surface area contributed by atoms with Gasteiger partial charge in [-0.25, -0.2) is 8.78 Å². The molecule has 0 saturated heterocycles. The number of carbonyl (C=O) groups excluding carboxylic acids is 1. The van der Waals surface area contributed by atoms with Gasteiger partial charge in [-0.2, -0.15) is 0 Å². The van der Waals surface area contributed by atoms with Gasteiger partial charge < -0.3 is 0 Å². The first-order valence-corrected chi connectivity index (χ1v) is 3.91. The average Bonchev–Trinajstić information content (AvgIpc) is 2.39. The van der Waals surface area contributed by atoms with Gasteiger partial charge in [0.2, 0.25) is 5.78 Å². The standard InChI is InChI=1S/C7H6F2OS/c8-7(9)6(10)4-5-2-1-3-11-5/h1-3,7H,4H2. The third-order valence-corrected chi connectivity index (χ3v) is 2.05. The number of ketones is 1. The maximum Gasteiger partial charge on any atom is 0.296 e. The van der Waals surface area contributed by atoms with E-state index in [-0.39, 0.29) is 6.42 Å². The third kappa shape index (κ3) is 2.38. The van der Waals surface area contributed by atoms with Crippen molar-refractivity contribution in [2.45, 2.75) is 12.8 Å². The molecule has 0 atom stereocenters. The van der Waals surface area contributed by atoms with E-state index < -0.39 is 12.2 Å². The highest BCUT2D eigenvalue weighted by atomic mass is 32.1. The molecule has 60 valence electrons. The Bertz CT molecular complexity index is 231. The summed E-state index contributed by atoms with van der Waals surface area (Å²) >= 11 is 1.31. The number of Topliss-reactive ketones (excluding diaryl/α,β-unsaturated/α-hetero) is 1. The third-order valence-electron chi connectivity index (χ3n) is 1.17. The number of carbonyl (C=O) groups is 1. The second-order valence-electron chi connectivity index (χ2n) is 2.02. The zero-order valence-electron chi connectivity index (χ0n) is 5.59. The molecular formula is C7H6F2OS. The maximum atomic E-state index is 11.7. The quantitative estimate of drug-likeness (QED) is 0.689. The molecule has 4 heteroatoms. The first-order valence-electron chi connectivity index (χ1n) is 3.03. The molecule has 0 bridgehead atoms. The Morgan fingerprint density at radius 1 is 1.64 bits per heavy atom. The molecule has 0 saturated carbocycles. The second kappa shape index (κ2) is 3.57. The molecule has 0 unspecified atom stereocenters. The van der Waals surface area contributed by atoms with Crippen molar-refractivity contribution in [2.75, 3.05) is 0 Å². The number of hydrogen-bond donors (Lipinski definition) is 0. The molecule has 0 aromatic carbocycles. The minimum absolute atomic E-state index is 0.144. The second-order valence-corrected chi connectivity index (χ2v) is 3.06. The van der Waals surface area contributed by atoms with E-state index >= 15 is 0 Å². The van der Waals surface area contributed by atoms with E-state index in [2.05, 4.69) is 0 Å². The van der Waals surface area contributed by atoms with Crippen molar-refractivity contribution in [3.63, 3.8) is 0 Å². The Morgan fingerprint density at radius 3 is 2.82 bits per heavy atom. The van der Waals surface area contributed by atoms with E-state index in [9.17, 15) is 13.6 Å². The molecule has 1 nitrogen and oxygen atoms in total. The molecule has 0 aliphatic heterocycles. The fraction of sp³-hybridized carbons (Fsp3) is 0.286. The SMILES string of the molecule is O=C(Cc1cccs1)C(F)F. The van der Waals surface area contributed by atoms with Crippen LogP contribution < -0.4 is 0 Å². The zero-order chi connectivity index (χ0) is 8.27. The Morgan fingerprint density at radius 2 is 2.36 bits per heavy atom. The van der Waals surface area contributed by atoms with Gasteiger partial charge >= 0.3 is 0 Å². The number of hydrogen-bond acceptors (Lipinski definition) is 2. The number of halogens is 2. The predicted octanol–water partition coefficient (Wildman–Crippen LogP) is 2.12. The van der Waals surface area contributed by atoms with Gasteiger partial charge in [0.1, 0.15) is 0 Å². The fourth-order valence-corrected chi connectivity index (χ4v) is 1.38. The Kier molecular flexibility index (Phi) is 2.70. The summed E-state index contributed by atoms with van der Waals surface area (Å²) in [5.74, 6) is -1.01. The van der Waals surface area contributed by atoms with Crippen LogP contribution in [0.1, 0.15) is 4.88 Å². The molecule has 0 N–H and O–H groups in total. The summed E-state index contributed by atoms with van der Waals surface area (Å²) in [5, 5.41) is 1.76. The van der Waals surface area contributed by atoms with Gasteiger partial charge in [0.05, 0.1) is 0 Å². The fourth-order valence-electron chi connectivity index (χ4n) is 0.662. The van der Waals surface area contributed by atoms with Gasteiger partial charge in [0, 0.05) is 11.3 Å². The monoisotopic (exact) mass is 176 g/mol. The molecule has 0 spiro atoms. The van der Waals surface area contributed by atoms with Crippen LogP contribution in [-0.2, 0) is 11.2 Å². The smallest absolute Gasteiger partial charge is 0.293 e. The molecule has 1 heterocycles. The molecule has 1 aromatic heterocycles. The lowest BCUT2D eigenvalue weighted by Crippen LogP contribution is -2.11. The minimum Gasteiger partial charge on any atom is -0.293 e. The van der Waals surface area contributed by atoms with Crippen molar-refractivity contribution < 1.29 is 13.6 Å². The molecular weight excluding hydrogens is 170 g/mol. The summed E-state index contributed by atoms with van der Waals surface area (Å²) < 4.78 is 23.4. The largest absolute Gasteiger partial charge is 0.296 e. The van der Waals surface area contributed by atoms with Gasteiger partial charge in [0.15, 0.2) is 0 Å². The lowest BCUT2D eigenvalue weighted by Gasteiger charge is -1.94. The van der Waals surface area contributed by atoms with Crippen LogP contribution in [0.25, 0.3) is 0 Å². The van der Waals surface area contributed by atoms with Gasteiger partial charge in [-0.15, -0.1) is 11.3 Å². The van der Waals surface area contributed by atoms with Crippen molar-refractivity contribution >= 4 is 17.1 Å². The molecule has 0 aliphatic rings. The van der Waals surface area contributed by atoms with E-state index in [1.807, 2.05) is 0 Å². The van der Waals surface area contributed by atoms with Crippen LogP contribution in [0.2, 0.25) is 0 Å². The van der Waals surface area contributed by atoms with Crippen molar-refractivity contribution in [2.24, 2.45) is 0 Å². The molecule has 1 rings (SSSR count). The van der Waals surface area contributed by atoms with Crippen molar-refractivity contribution in [3.8, 4) is 0 Å². The highest BCUT2D eigenvalue weighted by molar-refractivity contribution is 7.10. The molecule has 1 aromatic rings. The lowest BCUT2D eigenvalue weighted by atomic mass is 10.2. The summed E-state index contributed by atoms with van der Waals surface area (Å²) in [5.41, 5.74) is 0. The topological polar surface area (TPSA) is 17.1 Å². The van der Waals surface area contributed by atoms with Crippen molar-refractivity contribution in [3.05, 3.63) is 22.4 Å². The maximum absolute atomic E-state index is 11.7. The number of thiophene rings is 1. The van der Waals surface area contributed by atoms with Crippen LogP contribution in [0.15, 0.2) is 17.5 Å². The molecule has 0 aliphatic carbocycles. The molecule has 0 radical (unpaired) electrons. The summed E-state index contributed by atoms with van der Waals surface area (Å²) in [6.45, 7) is 0. The van der Waals surface area contributed by atoms with Crippen molar-refractivity contribution in [1.82, 2.24) is 0 Å². The molecule has 0 fully saturated rings. The van der Waals surface area contributed by atoms with Gasteiger partial charge in [0.25, 0.3) is 6.43 Å². The summed E-state index contributed by atoms with van der Waals surface area (Å²) in [6.07, 6.45) is -2.98. The minimum atomic E-state index is -2.84. The first kappa shape index (κ1) is 8.33. The van der Waals surface area contributed by atoms with E-state index in [1.165, 1.54) is 11.3 Å². The van der Waals surface area contributed by atoms with Gasteiger partial charge in [-0.05, 0) is 11.4 Å². The van der Waals surface area contributed by atoms with Crippen LogP contribution in [0.3, 0.4) is 0 Å². The lowest BCUT2D eigenvalue weighted by molar-refractivity contribution is -0.128.